The number of hydrogen-bond donors (Lipinski definition) is 0. The van der Waals surface area contributed by atoms with Crippen molar-refractivity contribution in [2.45, 2.75) is 116 Å². The van der Waals surface area contributed by atoms with E-state index in [0.29, 0.717) is 12.7 Å². The molecule has 0 aromatic rings. The predicted molar refractivity (Wildman–Crippen MR) is 105 cm³/mol. The third-order valence-corrected chi connectivity index (χ3v) is 6.87. The van der Waals surface area contributed by atoms with Gasteiger partial charge in [-0.25, -0.2) is 0 Å². The molecular weight excluding hydrogens is 306 g/mol. The molecule has 2 fully saturated rings. The summed E-state index contributed by atoms with van der Waals surface area (Å²) in [6.07, 6.45) is 19.7. The Hall–Kier alpha value is -0.550. The van der Waals surface area contributed by atoms with Crippen molar-refractivity contribution in [3.63, 3.8) is 0 Å². The van der Waals surface area contributed by atoms with Crippen LogP contribution < -0.4 is 0 Å². The smallest absolute Gasteiger partial charge is 0.0807 e. The SMILES string of the molecule is CCCCC[C@H]1CC[C@@](C#N)(CO[C@H]2CC[C@H](CCCC)CC2)CC1. The first-order valence-corrected chi connectivity index (χ1v) is 11.2. The lowest BCUT2D eigenvalue weighted by Gasteiger charge is -2.37. The molecule has 2 aliphatic rings. The van der Waals surface area contributed by atoms with Crippen LogP contribution in [0, 0.1) is 28.6 Å². The van der Waals surface area contributed by atoms with Crippen LogP contribution in [0.3, 0.4) is 0 Å². The lowest BCUT2D eigenvalue weighted by atomic mass is 9.70. The normalized spacial score (nSPS) is 33.1. The molecule has 0 aliphatic heterocycles. The van der Waals surface area contributed by atoms with Gasteiger partial charge in [0.15, 0.2) is 0 Å². The third-order valence-electron chi connectivity index (χ3n) is 6.87. The highest BCUT2D eigenvalue weighted by molar-refractivity contribution is 5.02. The second-order valence-corrected chi connectivity index (χ2v) is 8.93. The Balaban J connectivity index is 1.66. The second kappa shape index (κ2) is 11.2. The average Bonchev–Trinajstić information content (AvgIpc) is 2.67. The van der Waals surface area contributed by atoms with Gasteiger partial charge < -0.3 is 4.74 Å². The molecule has 0 amide bonds. The number of nitrogens with zero attached hydrogens (tertiary/aromatic N) is 1. The summed E-state index contributed by atoms with van der Waals surface area (Å²) >= 11 is 0. The number of rotatable bonds is 10. The van der Waals surface area contributed by atoms with Crippen molar-refractivity contribution in [2.24, 2.45) is 17.3 Å². The standard InChI is InChI=1S/C23H41NO/c1-3-5-7-9-21-14-16-23(18-24,17-15-21)19-25-22-12-10-20(11-13-22)8-6-4-2/h20-22H,3-17,19H2,1-2H3/t20-,21-,22-,23+. The molecule has 0 aromatic heterocycles. The summed E-state index contributed by atoms with van der Waals surface area (Å²) in [4.78, 5) is 0. The van der Waals surface area contributed by atoms with Crippen LogP contribution in [0.15, 0.2) is 0 Å². The van der Waals surface area contributed by atoms with Gasteiger partial charge in [-0.3, -0.25) is 0 Å². The van der Waals surface area contributed by atoms with E-state index in [4.69, 9.17) is 4.74 Å². The fourth-order valence-corrected chi connectivity index (χ4v) is 4.85. The Morgan fingerprint density at radius 1 is 0.840 bits per heavy atom. The summed E-state index contributed by atoms with van der Waals surface area (Å²) in [6.45, 7) is 5.25. The van der Waals surface area contributed by atoms with Crippen molar-refractivity contribution >= 4 is 0 Å². The summed E-state index contributed by atoms with van der Waals surface area (Å²) in [5, 5.41) is 9.78. The summed E-state index contributed by atoms with van der Waals surface area (Å²) in [5.41, 5.74) is -0.180. The molecule has 2 rings (SSSR count). The molecule has 0 radical (unpaired) electrons. The predicted octanol–water partition coefficient (Wildman–Crippen LogP) is 7.03. The van der Waals surface area contributed by atoms with Crippen LogP contribution in [0.2, 0.25) is 0 Å². The van der Waals surface area contributed by atoms with Gasteiger partial charge >= 0.3 is 0 Å². The molecule has 2 saturated carbocycles. The molecule has 144 valence electrons. The highest BCUT2D eigenvalue weighted by atomic mass is 16.5. The van der Waals surface area contributed by atoms with Crippen molar-refractivity contribution < 1.29 is 4.74 Å². The number of unbranched alkanes of at least 4 members (excludes halogenated alkanes) is 3. The van der Waals surface area contributed by atoms with Gasteiger partial charge in [0, 0.05) is 0 Å². The molecule has 2 heteroatoms. The summed E-state index contributed by atoms with van der Waals surface area (Å²) in [7, 11) is 0. The maximum absolute atomic E-state index is 9.78. The summed E-state index contributed by atoms with van der Waals surface area (Å²) in [5.74, 6) is 1.80. The van der Waals surface area contributed by atoms with E-state index in [0.717, 1.165) is 24.7 Å². The van der Waals surface area contributed by atoms with Gasteiger partial charge in [0.05, 0.1) is 24.2 Å². The zero-order valence-electron chi connectivity index (χ0n) is 16.9. The van der Waals surface area contributed by atoms with Crippen LogP contribution in [0.25, 0.3) is 0 Å². The van der Waals surface area contributed by atoms with E-state index in [1.165, 1.54) is 83.5 Å². The van der Waals surface area contributed by atoms with Crippen LogP contribution in [-0.2, 0) is 4.74 Å². The van der Waals surface area contributed by atoms with Crippen LogP contribution >= 0.6 is 0 Å². The largest absolute Gasteiger partial charge is 0.377 e. The van der Waals surface area contributed by atoms with Gasteiger partial charge in [0.25, 0.3) is 0 Å². The molecule has 2 aliphatic carbocycles. The highest BCUT2D eigenvalue weighted by Crippen LogP contribution is 2.41. The van der Waals surface area contributed by atoms with E-state index < -0.39 is 0 Å². The van der Waals surface area contributed by atoms with Crippen molar-refractivity contribution in [1.29, 1.82) is 5.26 Å². The van der Waals surface area contributed by atoms with E-state index in [1.807, 2.05) is 0 Å². The lowest BCUT2D eigenvalue weighted by molar-refractivity contribution is -0.0299. The van der Waals surface area contributed by atoms with Crippen LogP contribution in [0.1, 0.15) is 110 Å². The Labute approximate surface area is 156 Å². The Kier molecular flexibility index (Phi) is 9.32. The molecule has 2 nitrogen and oxygen atoms in total. The number of nitriles is 1. The first-order valence-electron chi connectivity index (χ1n) is 11.2. The van der Waals surface area contributed by atoms with Crippen molar-refractivity contribution in [3.05, 3.63) is 0 Å². The molecule has 0 unspecified atom stereocenters. The molecule has 0 N–H and O–H groups in total. The van der Waals surface area contributed by atoms with Crippen molar-refractivity contribution in [3.8, 4) is 6.07 Å². The van der Waals surface area contributed by atoms with Gasteiger partial charge in [-0.2, -0.15) is 5.26 Å². The molecule has 0 aromatic carbocycles. The second-order valence-electron chi connectivity index (χ2n) is 8.93. The van der Waals surface area contributed by atoms with Crippen molar-refractivity contribution in [1.82, 2.24) is 0 Å². The van der Waals surface area contributed by atoms with Gasteiger partial charge in [-0.15, -0.1) is 0 Å². The van der Waals surface area contributed by atoms with E-state index in [-0.39, 0.29) is 5.41 Å². The maximum Gasteiger partial charge on any atom is 0.0807 e. The number of ether oxygens (including phenoxy) is 1. The quantitative estimate of drug-likeness (QED) is 0.397. The van der Waals surface area contributed by atoms with Gasteiger partial charge in [0.1, 0.15) is 0 Å². The van der Waals surface area contributed by atoms with Crippen molar-refractivity contribution in [2.75, 3.05) is 6.61 Å². The zero-order valence-corrected chi connectivity index (χ0v) is 16.9. The van der Waals surface area contributed by atoms with Crippen LogP contribution in [-0.4, -0.2) is 12.7 Å². The van der Waals surface area contributed by atoms with Gasteiger partial charge in [-0.05, 0) is 63.2 Å². The minimum absolute atomic E-state index is 0.180. The van der Waals surface area contributed by atoms with E-state index in [1.54, 1.807) is 0 Å². The van der Waals surface area contributed by atoms with Crippen LogP contribution in [0.5, 0.6) is 0 Å². The molecule has 0 spiro atoms. The third kappa shape index (κ3) is 6.93. The average molecular weight is 348 g/mol. The molecule has 0 saturated heterocycles. The summed E-state index contributed by atoms with van der Waals surface area (Å²) in [6, 6.07) is 2.66. The van der Waals surface area contributed by atoms with Crippen LogP contribution in [0.4, 0.5) is 0 Å². The Morgan fingerprint density at radius 2 is 1.44 bits per heavy atom. The van der Waals surface area contributed by atoms with E-state index in [2.05, 4.69) is 19.9 Å². The first-order chi connectivity index (χ1) is 12.2. The first kappa shape index (κ1) is 20.8. The Morgan fingerprint density at radius 3 is 2.04 bits per heavy atom. The van der Waals surface area contributed by atoms with E-state index >= 15 is 0 Å². The monoisotopic (exact) mass is 347 g/mol. The van der Waals surface area contributed by atoms with Gasteiger partial charge in [0.2, 0.25) is 0 Å². The van der Waals surface area contributed by atoms with Gasteiger partial charge in [-0.1, -0.05) is 58.8 Å². The fraction of sp³-hybridized carbons (Fsp3) is 0.957. The molecule has 0 heterocycles. The summed E-state index contributed by atoms with van der Waals surface area (Å²) < 4.78 is 6.28. The molecule has 0 bridgehead atoms. The molecule has 25 heavy (non-hydrogen) atoms. The zero-order chi connectivity index (χ0) is 18.0. The fourth-order valence-electron chi connectivity index (χ4n) is 4.85. The maximum atomic E-state index is 9.78. The highest BCUT2D eigenvalue weighted by Gasteiger charge is 2.36. The Bertz CT molecular complexity index is 383. The molecule has 0 atom stereocenters. The topological polar surface area (TPSA) is 33.0 Å². The number of hydrogen-bond acceptors (Lipinski definition) is 2. The minimum Gasteiger partial charge on any atom is -0.377 e. The van der Waals surface area contributed by atoms with E-state index in [9.17, 15) is 5.26 Å². The minimum atomic E-state index is -0.180. The molecular formula is C23H41NO. The lowest BCUT2D eigenvalue weighted by Crippen LogP contribution is -2.34.